The second-order valence-electron chi connectivity index (χ2n) is 5.96. The minimum atomic E-state index is -0.237. The molecular formula is C17H23FN6. The molecule has 3 heterocycles. The summed E-state index contributed by atoms with van der Waals surface area (Å²) in [6.45, 7) is 7.01. The van der Waals surface area contributed by atoms with Crippen molar-refractivity contribution in [3.05, 3.63) is 42.1 Å². The Bertz CT molecular complexity index is 672. The van der Waals surface area contributed by atoms with E-state index in [0.29, 0.717) is 12.1 Å². The van der Waals surface area contributed by atoms with E-state index in [1.807, 2.05) is 19.3 Å². The fraction of sp³-hybridized carbons (Fsp3) is 0.471. The third-order valence-electron chi connectivity index (χ3n) is 4.40. The third-order valence-corrected chi connectivity index (χ3v) is 4.40. The molecule has 0 bridgehead atoms. The van der Waals surface area contributed by atoms with Gasteiger partial charge in [-0.2, -0.15) is 4.98 Å². The fourth-order valence-corrected chi connectivity index (χ4v) is 2.75. The highest BCUT2D eigenvalue weighted by atomic mass is 19.1. The number of hydrogen-bond donors (Lipinski definition) is 0. The summed E-state index contributed by atoms with van der Waals surface area (Å²) in [5, 5.41) is 0. The van der Waals surface area contributed by atoms with Crippen LogP contribution in [0.25, 0.3) is 0 Å². The normalized spacial score (nSPS) is 15.5. The van der Waals surface area contributed by atoms with Gasteiger partial charge in [-0.3, -0.25) is 9.88 Å². The number of pyridine rings is 1. The molecule has 0 saturated carbocycles. The fourth-order valence-electron chi connectivity index (χ4n) is 2.75. The van der Waals surface area contributed by atoms with Gasteiger partial charge < -0.3 is 9.80 Å². The molecule has 2 aromatic rings. The second-order valence-corrected chi connectivity index (χ2v) is 5.96. The molecule has 0 aliphatic carbocycles. The number of rotatable bonds is 5. The quantitative estimate of drug-likeness (QED) is 0.833. The summed E-state index contributed by atoms with van der Waals surface area (Å²) in [7, 11) is 2.02. The van der Waals surface area contributed by atoms with Crippen molar-refractivity contribution in [1.82, 2.24) is 19.9 Å². The van der Waals surface area contributed by atoms with Crippen molar-refractivity contribution in [3.8, 4) is 0 Å². The zero-order valence-corrected chi connectivity index (χ0v) is 14.2. The Morgan fingerprint density at radius 2 is 1.96 bits per heavy atom. The van der Waals surface area contributed by atoms with Gasteiger partial charge in [-0.15, -0.1) is 0 Å². The zero-order chi connectivity index (χ0) is 16.9. The van der Waals surface area contributed by atoms with Crippen molar-refractivity contribution in [2.24, 2.45) is 0 Å². The van der Waals surface area contributed by atoms with Gasteiger partial charge in [0.1, 0.15) is 11.6 Å². The summed E-state index contributed by atoms with van der Waals surface area (Å²) in [5.41, 5.74) is 0.696. The van der Waals surface area contributed by atoms with Gasteiger partial charge in [0.15, 0.2) is 0 Å². The molecule has 0 aromatic carbocycles. The summed E-state index contributed by atoms with van der Waals surface area (Å²) >= 11 is 0. The first-order chi connectivity index (χ1) is 11.7. The molecule has 0 radical (unpaired) electrons. The molecule has 0 atom stereocenters. The van der Waals surface area contributed by atoms with Crippen molar-refractivity contribution >= 4 is 11.8 Å². The van der Waals surface area contributed by atoms with Crippen LogP contribution in [0.1, 0.15) is 12.5 Å². The van der Waals surface area contributed by atoms with Gasteiger partial charge in [0.05, 0.1) is 6.20 Å². The van der Waals surface area contributed by atoms with Gasteiger partial charge in [0, 0.05) is 64.3 Å². The van der Waals surface area contributed by atoms with Gasteiger partial charge in [0.25, 0.3) is 0 Å². The standard InChI is InChI=1S/C17H23FN6/c1-3-22(2)16-5-7-20-17(21-16)24-10-8-23(9-11-24)13-14-4-6-19-12-15(14)18/h4-7,12H,3,8-11,13H2,1-2H3. The van der Waals surface area contributed by atoms with Crippen LogP contribution >= 0.6 is 0 Å². The number of hydrogen-bond acceptors (Lipinski definition) is 6. The Hall–Kier alpha value is -2.28. The molecular weight excluding hydrogens is 307 g/mol. The lowest BCUT2D eigenvalue weighted by Crippen LogP contribution is -2.46. The van der Waals surface area contributed by atoms with Crippen LogP contribution < -0.4 is 9.80 Å². The summed E-state index contributed by atoms with van der Waals surface area (Å²) in [6, 6.07) is 3.67. The summed E-state index contributed by atoms with van der Waals surface area (Å²) in [5.74, 6) is 1.46. The van der Waals surface area contributed by atoms with Gasteiger partial charge in [-0.25, -0.2) is 9.37 Å². The van der Waals surface area contributed by atoms with E-state index in [1.165, 1.54) is 6.20 Å². The predicted octanol–water partition coefficient (Wildman–Crippen LogP) is 1.79. The van der Waals surface area contributed by atoms with Crippen LogP contribution in [0.2, 0.25) is 0 Å². The van der Waals surface area contributed by atoms with Crippen molar-refractivity contribution in [1.29, 1.82) is 0 Å². The van der Waals surface area contributed by atoms with E-state index in [-0.39, 0.29) is 5.82 Å². The molecule has 1 aliphatic heterocycles. The van der Waals surface area contributed by atoms with Crippen molar-refractivity contribution < 1.29 is 4.39 Å². The lowest BCUT2D eigenvalue weighted by atomic mass is 10.2. The van der Waals surface area contributed by atoms with Crippen LogP contribution in [-0.2, 0) is 6.54 Å². The smallest absolute Gasteiger partial charge is 0.227 e. The van der Waals surface area contributed by atoms with E-state index >= 15 is 0 Å². The molecule has 128 valence electrons. The molecule has 2 aromatic heterocycles. The number of anilines is 2. The molecule has 0 N–H and O–H groups in total. The topological polar surface area (TPSA) is 48.4 Å². The minimum absolute atomic E-state index is 0.237. The molecule has 0 spiro atoms. The number of nitrogens with zero attached hydrogens (tertiary/aromatic N) is 6. The van der Waals surface area contributed by atoms with Crippen LogP contribution in [0.4, 0.5) is 16.2 Å². The largest absolute Gasteiger partial charge is 0.360 e. The zero-order valence-electron chi connectivity index (χ0n) is 14.2. The first kappa shape index (κ1) is 16.6. The highest BCUT2D eigenvalue weighted by Crippen LogP contribution is 2.17. The molecule has 3 rings (SSSR count). The predicted molar refractivity (Wildman–Crippen MR) is 92.7 cm³/mol. The maximum atomic E-state index is 13.7. The minimum Gasteiger partial charge on any atom is -0.360 e. The highest BCUT2D eigenvalue weighted by molar-refractivity contribution is 5.43. The third kappa shape index (κ3) is 3.79. The van der Waals surface area contributed by atoms with Gasteiger partial charge in [-0.05, 0) is 19.1 Å². The maximum absolute atomic E-state index is 13.7. The van der Waals surface area contributed by atoms with E-state index in [1.54, 1.807) is 12.3 Å². The molecule has 1 saturated heterocycles. The van der Waals surface area contributed by atoms with E-state index in [9.17, 15) is 4.39 Å². The summed E-state index contributed by atoms with van der Waals surface area (Å²) in [4.78, 5) is 19.4. The number of halogens is 1. The first-order valence-electron chi connectivity index (χ1n) is 8.27. The monoisotopic (exact) mass is 330 g/mol. The van der Waals surface area contributed by atoms with E-state index in [0.717, 1.165) is 44.5 Å². The Morgan fingerprint density at radius 3 is 2.67 bits per heavy atom. The van der Waals surface area contributed by atoms with Gasteiger partial charge in [0.2, 0.25) is 5.95 Å². The molecule has 1 aliphatic rings. The van der Waals surface area contributed by atoms with E-state index in [2.05, 4.69) is 36.6 Å². The van der Waals surface area contributed by atoms with Crippen molar-refractivity contribution in [2.75, 3.05) is 49.6 Å². The van der Waals surface area contributed by atoms with Crippen molar-refractivity contribution in [2.45, 2.75) is 13.5 Å². The van der Waals surface area contributed by atoms with Crippen LogP contribution in [0.5, 0.6) is 0 Å². The molecule has 24 heavy (non-hydrogen) atoms. The van der Waals surface area contributed by atoms with E-state index < -0.39 is 0 Å². The van der Waals surface area contributed by atoms with Gasteiger partial charge >= 0.3 is 0 Å². The number of aromatic nitrogens is 3. The van der Waals surface area contributed by atoms with Crippen molar-refractivity contribution in [3.63, 3.8) is 0 Å². The second kappa shape index (κ2) is 7.53. The van der Waals surface area contributed by atoms with Crippen LogP contribution in [0.15, 0.2) is 30.7 Å². The molecule has 0 amide bonds. The lowest BCUT2D eigenvalue weighted by Gasteiger charge is -2.35. The molecule has 6 nitrogen and oxygen atoms in total. The Labute approximate surface area is 142 Å². The van der Waals surface area contributed by atoms with Crippen LogP contribution in [0, 0.1) is 5.82 Å². The molecule has 1 fully saturated rings. The Kier molecular flexibility index (Phi) is 5.20. The summed E-state index contributed by atoms with van der Waals surface area (Å²) in [6.07, 6.45) is 4.72. The van der Waals surface area contributed by atoms with Gasteiger partial charge in [-0.1, -0.05) is 0 Å². The van der Waals surface area contributed by atoms with Crippen LogP contribution in [-0.4, -0.2) is 59.6 Å². The average Bonchev–Trinajstić information content (AvgIpc) is 2.64. The Morgan fingerprint density at radius 1 is 1.17 bits per heavy atom. The number of piperazine rings is 1. The summed E-state index contributed by atoms with van der Waals surface area (Å²) < 4.78 is 13.7. The average molecular weight is 330 g/mol. The lowest BCUT2D eigenvalue weighted by molar-refractivity contribution is 0.245. The van der Waals surface area contributed by atoms with E-state index in [4.69, 9.17) is 0 Å². The molecule has 0 unspecified atom stereocenters. The Balaban J connectivity index is 1.60. The van der Waals surface area contributed by atoms with Crippen LogP contribution in [0.3, 0.4) is 0 Å². The maximum Gasteiger partial charge on any atom is 0.227 e. The first-order valence-corrected chi connectivity index (χ1v) is 8.27. The highest BCUT2D eigenvalue weighted by Gasteiger charge is 2.20. The molecule has 7 heteroatoms. The SMILES string of the molecule is CCN(C)c1ccnc(N2CCN(Cc3ccncc3F)CC2)n1.